The first-order chi connectivity index (χ1) is 21.1. The van der Waals surface area contributed by atoms with Crippen LogP contribution in [0, 0.1) is 0 Å². The fraction of sp³-hybridized carbons (Fsp3) is 0.565. The summed E-state index contributed by atoms with van der Waals surface area (Å²) < 4.78 is 13.9. The van der Waals surface area contributed by atoms with Crippen molar-refractivity contribution in [2.24, 2.45) is 0 Å². The molecule has 44 heavy (non-hydrogen) atoms. The SMILES string of the molecule is Nc1nc(NCC(O)CNc2nc(N)nc3c2ncn3C2O[C@H](CO)[C@@H](O)[C@H]2O)c2ncn(C3O[C@@H](CO)[C@H](O)[C@@H]3O)c2n1. The molecule has 0 radical (unpaired) electrons. The number of fused-ring (bicyclic) bond motifs is 2. The van der Waals surface area contributed by atoms with Gasteiger partial charge in [0.1, 0.15) is 36.6 Å². The Kier molecular flexibility index (Phi) is 8.04. The summed E-state index contributed by atoms with van der Waals surface area (Å²) in [4.78, 5) is 25.2. The first-order valence-corrected chi connectivity index (χ1v) is 13.5. The second kappa shape index (κ2) is 11.8. The van der Waals surface area contributed by atoms with Crippen LogP contribution in [-0.2, 0) is 9.47 Å². The number of ether oxygens (including phenoxy) is 2. The number of hydrogen-bond acceptors (Lipinski definition) is 19. The van der Waals surface area contributed by atoms with Crippen molar-refractivity contribution < 1.29 is 45.2 Å². The van der Waals surface area contributed by atoms with Gasteiger partial charge in [0.25, 0.3) is 0 Å². The molecular formula is C23H32N12O9. The third-order valence-corrected chi connectivity index (χ3v) is 7.47. The zero-order chi connectivity index (χ0) is 31.3. The lowest BCUT2D eigenvalue weighted by atomic mass is 10.1. The maximum atomic E-state index is 10.7. The van der Waals surface area contributed by atoms with E-state index in [0.29, 0.717) is 0 Å². The van der Waals surface area contributed by atoms with Gasteiger partial charge in [-0.2, -0.15) is 19.9 Å². The van der Waals surface area contributed by atoms with Crippen LogP contribution in [0.15, 0.2) is 12.7 Å². The third-order valence-electron chi connectivity index (χ3n) is 7.47. The van der Waals surface area contributed by atoms with Crippen LogP contribution in [0.5, 0.6) is 0 Å². The summed E-state index contributed by atoms with van der Waals surface area (Å²) in [6.45, 7) is -1.08. The smallest absolute Gasteiger partial charge is 0.224 e. The van der Waals surface area contributed by atoms with Crippen LogP contribution in [-0.4, -0.2) is 144 Å². The molecule has 13 N–H and O–H groups in total. The summed E-state index contributed by atoms with van der Waals surface area (Å²) in [5.74, 6) is 0.0976. The van der Waals surface area contributed by atoms with Crippen LogP contribution in [0.1, 0.15) is 12.5 Å². The molecule has 0 spiro atoms. The van der Waals surface area contributed by atoms with Crippen molar-refractivity contribution in [3.63, 3.8) is 0 Å². The number of rotatable bonds is 10. The van der Waals surface area contributed by atoms with Crippen molar-refractivity contribution in [1.82, 2.24) is 39.0 Å². The van der Waals surface area contributed by atoms with E-state index in [9.17, 15) is 35.7 Å². The first kappa shape index (κ1) is 30.0. The van der Waals surface area contributed by atoms with Crippen molar-refractivity contribution in [2.75, 3.05) is 48.4 Å². The average molecular weight is 621 g/mol. The minimum atomic E-state index is -1.36. The number of nitrogens with two attached hydrogens (primary N) is 2. The molecule has 238 valence electrons. The molecule has 0 saturated carbocycles. The molecule has 6 heterocycles. The molecule has 2 aliphatic heterocycles. The lowest BCUT2D eigenvalue weighted by molar-refractivity contribution is -0.0511. The average Bonchev–Trinajstić information content (AvgIpc) is 3.75. The van der Waals surface area contributed by atoms with Gasteiger partial charge < -0.3 is 67.3 Å². The Morgan fingerprint density at radius 1 is 0.705 bits per heavy atom. The van der Waals surface area contributed by atoms with Gasteiger partial charge in [-0.15, -0.1) is 0 Å². The van der Waals surface area contributed by atoms with E-state index < -0.39 is 68.4 Å². The van der Waals surface area contributed by atoms with E-state index in [1.165, 1.54) is 21.8 Å². The van der Waals surface area contributed by atoms with Gasteiger partial charge in [0.05, 0.1) is 32.0 Å². The Hall–Kier alpha value is -4.06. The summed E-state index contributed by atoms with van der Waals surface area (Å²) in [7, 11) is 0. The minimum Gasteiger partial charge on any atom is -0.394 e. The molecule has 2 saturated heterocycles. The van der Waals surface area contributed by atoms with Crippen LogP contribution in [0.3, 0.4) is 0 Å². The molecule has 2 aliphatic rings. The van der Waals surface area contributed by atoms with Gasteiger partial charge in [-0.05, 0) is 0 Å². The lowest BCUT2D eigenvalue weighted by Crippen LogP contribution is -2.33. The van der Waals surface area contributed by atoms with E-state index in [1.54, 1.807) is 0 Å². The molecule has 0 bridgehead atoms. The Bertz CT molecular complexity index is 1520. The Labute approximate surface area is 246 Å². The van der Waals surface area contributed by atoms with Gasteiger partial charge in [-0.3, -0.25) is 9.13 Å². The van der Waals surface area contributed by atoms with E-state index in [1.807, 2.05) is 0 Å². The molecular weight excluding hydrogens is 588 g/mol. The number of nitrogens with one attached hydrogen (secondary N) is 2. The maximum absolute atomic E-state index is 10.7. The molecule has 21 heteroatoms. The minimum absolute atomic E-state index is 0.0417. The molecule has 4 aromatic rings. The second-order valence-electron chi connectivity index (χ2n) is 10.4. The molecule has 21 nitrogen and oxygen atoms in total. The van der Waals surface area contributed by atoms with Gasteiger partial charge in [-0.1, -0.05) is 0 Å². The van der Waals surface area contributed by atoms with Crippen molar-refractivity contribution in [3.05, 3.63) is 12.7 Å². The summed E-state index contributed by atoms with van der Waals surface area (Å²) in [6.07, 6.45) is -7.92. The lowest BCUT2D eigenvalue weighted by Gasteiger charge is -2.17. The van der Waals surface area contributed by atoms with Crippen molar-refractivity contribution in [3.8, 4) is 0 Å². The quantitative estimate of drug-likeness (QED) is 0.0792. The highest BCUT2D eigenvalue weighted by Crippen LogP contribution is 2.34. The highest BCUT2D eigenvalue weighted by molar-refractivity contribution is 5.85. The van der Waals surface area contributed by atoms with Crippen molar-refractivity contribution >= 4 is 45.9 Å². The number of hydrogen-bond donors (Lipinski definition) is 11. The predicted molar refractivity (Wildman–Crippen MR) is 148 cm³/mol. The number of nitrogen functional groups attached to an aromatic ring is 2. The van der Waals surface area contributed by atoms with Gasteiger partial charge in [0.2, 0.25) is 11.9 Å². The number of anilines is 4. The zero-order valence-corrected chi connectivity index (χ0v) is 22.9. The number of aliphatic hydroxyl groups excluding tert-OH is 7. The Morgan fingerprint density at radius 3 is 1.48 bits per heavy atom. The number of aromatic nitrogens is 8. The van der Waals surface area contributed by atoms with Gasteiger partial charge in [0.15, 0.2) is 46.4 Å². The number of aliphatic hydroxyl groups is 7. The third kappa shape index (κ3) is 5.18. The van der Waals surface area contributed by atoms with Gasteiger partial charge in [-0.25, -0.2) is 9.97 Å². The molecule has 9 atom stereocenters. The van der Waals surface area contributed by atoms with Crippen molar-refractivity contribution in [2.45, 2.75) is 55.2 Å². The topological polar surface area (TPSA) is 323 Å². The van der Waals surface area contributed by atoms with Crippen LogP contribution < -0.4 is 22.1 Å². The zero-order valence-electron chi connectivity index (χ0n) is 22.9. The molecule has 2 fully saturated rings. The van der Waals surface area contributed by atoms with Crippen LogP contribution >= 0.6 is 0 Å². The summed E-state index contributed by atoms with van der Waals surface area (Å²) in [6, 6.07) is 0. The second-order valence-corrected chi connectivity index (χ2v) is 10.4. The fourth-order valence-electron chi connectivity index (χ4n) is 5.21. The highest BCUT2D eigenvalue weighted by Gasteiger charge is 2.45. The monoisotopic (exact) mass is 620 g/mol. The highest BCUT2D eigenvalue weighted by atomic mass is 16.6. The van der Waals surface area contributed by atoms with E-state index in [2.05, 4.69) is 40.5 Å². The number of nitrogens with zero attached hydrogens (tertiary/aromatic N) is 8. The molecule has 3 unspecified atom stereocenters. The normalized spacial score (nSPS) is 29.5. The summed E-state index contributed by atoms with van der Waals surface area (Å²) in [5.41, 5.74) is 12.7. The first-order valence-electron chi connectivity index (χ1n) is 13.5. The van der Waals surface area contributed by atoms with Gasteiger partial charge in [0, 0.05) is 13.1 Å². The van der Waals surface area contributed by atoms with E-state index >= 15 is 0 Å². The van der Waals surface area contributed by atoms with E-state index in [4.69, 9.17) is 20.9 Å². The van der Waals surface area contributed by atoms with Gasteiger partial charge >= 0.3 is 0 Å². The molecule has 0 aliphatic carbocycles. The summed E-state index contributed by atoms with van der Waals surface area (Å²) >= 11 is 0. The Morgan fingerprint density at radius 2 is 1.11 bits per heavy atom. The largest absolute Gasteiger partial charge is 0.394 e. The summed E-state index contributed by atoms with van der Waals surface area (Å²) in [5, 5.41) is 76.5. The van der Waals surface area contributed by atoms with Crippen LogP contribution in [0.2, 0.25) is 0 Å². The molecule has 6 rings (SSSR count). The number of imidazole rings is 2. The van der Waals surface area contributed by atoms with Crippen LogP contribution in [0.4, 0.5) is 23.5 Å². The van der Waals surface area contributed by atoms with E-state index in [-0.39, 0.29) is 58.9 Å². The van der Waals surface area contributed by atoms with Crippen molar-refractivity contribution in [1.29, 1.82) is 0 Å². The van der Waals surface area contributed by atoms with E-state index in [0.717, 1.165) is 0 Å². The van der Waals surface area contributed by atoms with Crippen LogP contribution in [0.25, 0.3) is 22.3 Å². The molecule has 0 aromatic carbocycles. The molecule has 0 amide bonds. The Balaban J connectivity index is 1.15. The standard InChI is InChI=1S/C23H32N12O9/c24-22-30-16(10-18(32-22)34(5-28-10)20-14(41)12(39)8(3-36)43-20)26-1-7(38)2-27-17-11-19(33-23(25)31-17)35(6-29-11)21-15(42)13(40)9(4-37)44-21/h5-9,12-15,20-21,36-42H,1-4H2,(H3,24,26,30,32)(H3,25,27,31,33)/t7?,8-,9+,12-,13+,14-,15+,20?,21?. The maximum Gasteiger partial charge on any atom is 0.224 e. The molecule has 4 aromatic heterocycles. The fourth-order valence-corrected chi connectivity index (χ4v) is 5.21. The predicted octanol–water partition coefficient (Wildman–Crippen LogP) is -4.76.